The van der Waals surface area contributed by atoms with Crippen LogP contribution in [-0.2, 0) is 11.2 Å². The Morgan fingerprint density at radius 1 is 1.10 bits per heavy atom. The highest BCUT2D eigenvalue weighted by Crippen LogP contribution is 2.41. The predicted octanol–water partition coefficient (Wildman–Crippen LogP) is 4.36. The number of benzene rings is 2. The highest BCUT2D eigenvalue weighted by Gasteiger charge is 2.18. The van der Waals surface area contributed by atoms with Crippen molar-refractivity contribution in [2.45, 2.75) is 25.5 Å². The molecule has 0 aliphatic heterocycles. The molecule has 0 saturated heterocycles. The summed E-state index contributed by atoms with van der Waals surface area (Å²) in [7, 11) is 4.60. The summed E-state index contributed by atoms with van der Waals surface area (Å²) in [5, 5.41) is 11.4. The number of amides is 1. The van der Waals surface area contributed by atoms with Gasteiger partial charge in [0.05, 0.1) is 27.1 Å². The van der Waals surface area contributed by atoms with E-state index in [2.05, 4.69) is 22.4 Å². The van der Waals surface area contributed by atoms with E-state index in [1.54, 1.807) is 12.1 Å². The Bertz CT molecular complexity index is 1040. The van der Waals surface area contributed by atoms with Crippen LogP contribution in [0.3, 0.4) is 0 Å². The van der Waals surface area contributed by atoms with Crippen LogP contribution in [0.15, 0.2) is 40.0 Å². The van der Waals surface area contributed by atoms with E-state index in [4.69, 9.17) is 18.6 Å². The lowest BCUT2D eigenvalue weighted by Gasteiger charge is -2.12. The quantitative estimate of drug-likeness (QED) is 0.487. The van der Waals surface area contributed by atoms with E-state index in [-0.39, 0.29) is 17.6 Å². The third-order valence-electron chi connectivity index (χ3n) is 4.65. The van der Waals surface area contributed by atoms with Gasteiger partial charge in [-0.1, -0.05) is 36.9 Å². The van der Waals surface area contributed by atoms with E-state index < -0.39 is 0 Å². The number of hydrogen-bond donors (Lipinski definition) is 1. The van der Waals surface area contributed by atoms with Gasteiger partial charge in [-0.2, -0.15) is 0 Å². The predicted molar refractivity (Wildman–Crippen MR) is 119 cm³/mol. The standard InChI is InChI=1S/C22H25N3O5S/c1-6-14-9-7-8-13(2)19(14)23-18(26)12-31-22-25-24-21(30-22)15-10-16(27-3)20(29-5)17(11-15)28-4/h7-11H,6,12H2,1-5H3,(H,23,26). The van der Waals surface area contributed by atoms with Crippen molar-refractivity contribution in [3.63, 3.8) is 0 Å². The normalized spacial score (nSPS) is 10.6. The number of para-hydroxylation sites is 1. The number of aryl methyl sites for hydroxylation is 2. The van der Waals surface area contributed by atoms with Gasteiger partial charge in [-0.05, 0) is 36.6 Å². The molecule has 1 aromatic heterocycles. The molecule has 0 bridgehead atoms. The Kier molecular flexibility index (Phi) is 7.41. The molecule has 164 valence electrons. The number of ether oxygens (including phenoxy) is 3. The number of methoxy groups -OCH3 is 3. The maximum Gasteiger partial charge on any atom is 0.277 e. The summed E-state index contributed by atoms with van der Waals surface area (Å²) in [6.07, 6.45) is 0.840. The molecule has 1 amide bonds. The lowest BCUT2D eigenvalue weighted by Crippen LogP contribution is -2.16. The Morgan fingerprint density at radius 3 is 2.42 bits per heavy atom. The molecular weight excluding hydrogens is 418 g/mol. The second kappa shape index (κ2) is 10.2. The summed E-state index contributed by atoms with van der Waals surface area (Å²) in [5.41, 5.74) is 3.60. The van der Waals surface area contributed by atoms with E-state index in [0.717, 1.165) is 23.2 Å². The molecule has 0 unspecified atom stereocenters. The molecule has 0 spiro atoms. The van der Waals surface area contributed by atoms with Gasteiger partial charge >= 0.3 is 0 Å². The smallest absolute Gasteiger partial charge is 0.277 e. The Morgan fingerprint density at radius 2 is 1.81 bits per heavy atom. The topological polar surface area (TPSA) is 95.7 Å². The second-order valence-electron chi connectivity index (χ2n) is 6.59. The van der Waals surface area contributed by atoms with Crippen molar-refractivity contribution in [1.82, 2.24) is 10.2 Å². The zero-order valence-electron chi connectivity index (χ0n) is 18.1. The summed E-state index contributed by atoms with van der Waals surface area (Å²) in [5.74, 6) is 1.73. The third kappa shape index (κ3) is 5.11. The average Bonchev–Trinajstić information content (AvgIpc) is 3.27. The number of nitrogens with zero attached hydrogens (tertiary/aromatic N) is 2. The van der Waals surface area contributed by atoms with Crippen molar-refractivity contribution >= 4 is 23.4 Å². The molecule has 0 atom stereocenters. The van der Waals surface area contributed by atoms with Crippen molar-refractivity contribution in [3.05, 3.63) is 41.5 Å². The van der Waals surface area contributed by atoms with Crippen LogP contribution in [0, 0.1) is 6.92 Å². The first-order chi connectivity index (χ1) is 15.0. The highest BCUT2D eigenvalue weighted by atomic mass is 32.2. The van der Waals surface area contributed by atoms with Crippen molar-refractivity contribution in [2.24, 2.45) is 0 Å². The second-order valence-corrected chi connectivity index (χ2v) is 7.51. The molecule has 31 heavy (non-hydrogen) atoms. The zero-order valence-corrected chi connectivity index (χ0v) is 19.0. The molecule has 3 rings (SSSR count). The minimum absolute atomic E-state index is 0.137. The van der Waals surface area contributed by atoms with Crippen LogP contribution in [0.5, 0.6) is 17.2 Å². The largest absolute Gasteiger partial charge is 0.493 e. The third-order valence-corrected chi connectivity index (χ3v) is 5.47. The molecule has 3 aromatic rings. The summed E-state index contributed by atoms with van der Waals surface area (Å²) < 4.78 is 21.8. The van der Waals surface area contributed by atoms with E-state index in [0.29, 0.717) is 28.0 Å². The van der Waals surface area contributed by atoms with Gasteiger partial charge in [0, 0.05) is 11.3 Å². The number of aromatic nitrogens is 2. The fraction of sp³-hybridized carbons (Fsp3) is 0.318. The van der Waals surface area contributed by atoms with Gasteiger partial charge in [0.1, 0.15) is 0 Å². The molecular formula is C22H25N3O5S. The molecule has 0 fully saturated rings. The monoisotopic (exact) mass is 443 g/mol. The minimum atomic E-state index is -0.137. The summed E-state index contributed by atoms with van der Waals surface area (Å²) in [6, 6.07) is 9.42. The zero-order chi connectivity index (χ0) is 22.4. The molecule has 8 nitrogen and oxygen atoms in total. The van der Waals surface area contributed by atoms with Crippen LogP contribution < -0.4 is 19.5 Å². The maximum atomic E-state index is 12.5. The molecule has 0 saturated carbocycles. The van der Waals surface area contributed by atoms with Crippen LogP contribution in [0.25, 0.3) is 11.5 Å². The SMILES string of the molecule is CCc1cccc(C)c1NC(=O)CSc1nnc(-c2cc(OC)c(OC)c(OC)c2)o1. The van der Waals surface area contributed by atoms with Gasteiger partial charge in [-0.25, -0.2) is 0 Å². The fourth-order valence-corrected chi connectivity index (χ4v) is 3.66. The average molecular weight is 444 g/mol. The fourth-order valence-electron chi connectivity index (χ4n) is 3.09. The lowest BCUT2D eigenvalue weighted by atomic mass is 10.1. The van der Waals surface area contributed by atoms with Gasteiger partial charge in [-0.3, -0.25) is 4.79 Å². The number of anilines is 1. The first-order valence-electron chi connectivity index (χ1n) is 9.65. The van der Waals surface area contributed by atoms with Crippen molar-refractivity contribution in [2.75, 3.05) is 32.4 Å². The molecule has 9 heteroatoms. The van der Waals surface area contributed by atoms with Gasteiger partial charge in [0.2, 0.25) is 17.5 Å². The first kappa shape index (κ1) is 22.5. The van der Waals surface area contributed by atoms with Crippen LogP contribution in [-0.4, -0.2) is 43.2 Å². The molecule has 0 radical (unpaired) electrons. The summed E-state index contributed by atoms with van der Waals surface area (Å²) in [6.45, 7) is 4.03. The van der Waals surface area contributed by atoms with Crippen LogP contribution in [0.4, 0.5) is 5.69 Å². The van der Waals surface area contributed by atoms with Crippen molar-refractivity contribution in [3.8, 4) is 28.7 Å². The summed E-state index contributed by atoms with van der Waals surface area (Å²) in [4.78, 5) is 12.5. The molecule has 0 aliphatic rings. The molecule has 1 N–H and O–H groups in total. The Hall–Kier alpha value is -3.20. The number of carbonyl (C=O) groups excluding carboxylic acids is 1. The Balaban J connectivity index is 1.70. The van der Waals surface area contributed by atoms with Crippen LogP contribution in [0.2, 0.25) is 0 Å². The number of thioether (sulfide) groups is 1. The minimum Gasteiger partial charge on any atom is -0.493 e. The number of carbonyl (C=O) groups is 1. The maximum absolute atomic E-state index is 12.5. The van der Waals surface area contributed by atoms with E-state index >= 15 is 0 Å². The van der Waals surface area contributed by atoms with Crippen molar-refractivity contribution < 1.29 is 23.4 Å². The molecule has 0 aliphatic carbocycles. The van der Waals surface area contributed by atoms with Crippen LogP contribution >= 0.6 is 11.8 Å². The van der Waals surface area contributed by atoms with Crippen LogP contribution in [0.1, 0.15) is 18.1 Å². The number of rotatable bonds is 9. The number of hydrogen-bond acceptors (Lipinski definition) is 8. The van der Waals surface area contributed by atoms with Crippen molar-refractivity contribution in [1.29, 1.82) is 0 Å². The number of nitrogens with one attached hydrogen (secondary N) is 1. The van der Waals surface area contributed by atoms with E-state index in [9.17, 15) is 4.79 Å². The van der Waals surface area contributed by atoms with E-state index in [1.807, 2.05) is 25.1 Å². The summed E-state index contributed by atoms with van der Waals surface area (Å²) >= 11 is 1.17. The van der Waals surface area contributed by atoms with Gasteiger partial charge in [0.15, 0.2) is 11.5 Å². The first-order valence-corrected chi connectivity index (χ1v) is 10.6. The van der Waals surface area contributed by atoms with E-state index in [1.165, 1.54) is 33.1 Å². The lowest BCUT2D eigenvalue weighted by molar-refractivity contribution is -0.113. The molecule has 1 heterocycles. The van der Waals surface area contributed by atoms with Gasteiger partial charge in [-0.15, -0.1) is 10.2 Å². The Labute approximate surface area is 185 Å². The van der Waals surface area contributed by atoms with Gasteiger partial charge < -0.3 is 23.9 Å². The van der Waals surface area contributed by atoms with Gasteiger partial charge in [0.25, 0.3) is 5.22 Å². The molecule has 2 aromatic carbocycles. The highest BCUT2D eigenvalue weighted by molar-refractivity contribution is 7.99.